The molecular weight excluding hydrogens is 234 g/mol. The van der Waals surface area contributed by atoms with Crippen molar-refractivity contribution in [2.75, 3.05) is 12.3 Å². The van der Waals surface area contributed by atoms with Crippen LogP contribution < -0.4 is 5.73 Å². The highest BCUT2D eigenvalue weighted by Crippen LogP contribution is 2.52. The number of fused-ring (bicyclic) bond motifs is 1. The Labute approximate surface area is 104 Å². The lowest BCUT2D eigenvalue weighted by molar-refractivity contribution is -0.146. The largest absolute Gasteiger partial charge is 0.465 e. The summed E-state index contributed by atoms with van der Waals surface area (Å²) in [6.45, 7) is 4.59. The summed E-state index contributed by atoms with van der Waals surface area (Å²) >= 11 is 1.56. The van der Waals surface area contributed by atoms with Gasteiger partial charge in [0.15, 0.2) is 0 Å². The highest BCUT2D eigenvalue weighted by atomic mass is 32.1. The molecule has 4 heteroatoms. The molecular formula is C13H15NO2S. The Morgan fingerprint density at radius 2 is 2.41 bits per heavy atom. The fourth-order valence-corrected chi connectivity index (χ4v) is 3.97. The van der Waals surface area contributed by atoms with Crippen LogP contribution in [0.15, 0.2) is 24.3 Å². The van der Waals surface area contributed by atoms with Gasteiger partial charge in [-0.3, -0.25) is 4.79 Å². The van der Waals surface area contributed by atoms with Crippen LogP contribution in [0.1, 0.15) is 17.7 Å². The minimum absolute atomic E-state index is 0.0480. The molecule has 1 aromatic rings. The molecule has 0 aromatic carbocycles. The summed E-state index contributed by atoms with van der Waals surface area (Å²) in [6.07, 6.45) is 2.44. The number of cyclic esters (lactones) is 1. The number of carbonyl (C=O) groups is 1. The van der Waals surface area contributed by atoms with E-state index >= 15 is 0 Å². The monoisotopic (exact) mass is 249 g/mol. The van der Waals surface area contributed by atoms with Crippen LogP contribution in [0.4, 0.5) is 5.00 Å². The average molecular weight is 249 g/mol. The maximum absolute atomic E-state index is 12.0. The quantitative estimate of drug-likeness (QED) is 0.646. The second-order valence-electron chi connectivity index (χ2n) is 5.06. The molecule has 0 amide bonds. The molecule has 1 aliphatic heterocycles. The van der Waals surface area contributed by atoms with Gasteiger partial charge in [0.1, 0.15) is 0 Å². The molecule has 1 saturated carbocycles. The zero-order valence-corrected chi connectivity index (χ0v) is 10.4. The second kappa shape index (κ2) is 3.60. The minimum atomic E-state index is -0.353. The molecule has 3 rings (SSSR count). The van der Waals surface area contributed by atoms with Gasteiger partial charge in [0.2, 0.25) is 0 Å². The molecule has 1 aromatic heterocycles. The predicted molar refractivity (Wildman–Crippen MR) is 67.7 cm³/mol. The van der Waals surface area contributed by atoms with Crippen molar-refractivity contribution in [1.29, 1.82) is 0 Å². The van der Waals surface area contributed by atoms with Crippen LogP contribution in [0.2, 0.25) is 0 Å². The summed E-state index contributed by atoms with van der Waals surface area (Å²) in [6, 6.07) is 3.91. The van der Waals surface area contributed by atoms with Gasteiger partial charge in [-0.1, -0.05) is 12.2 Å². The van der Waals surface area contributed by atoms with Crippen LogP contribution in [-0.4, -0.2) is 12.6 Å². The van der Waals surface area contributed by atoms with Gasteiger partial charge < -0.3 is 10.5 Å². The Morgan fingerprint density at radius 3 is 3.12 bits per heavy atom. The number of rotatable bonds is 2. The Balaban J connectivity index is 1.92. The first-order chi connectivity index (χ1) is 8.10. The number of esters is 1. The summed E-state index contributed by atoms with van der Waals surface area (Å²) in [4.78, 5) is 13.2. The zero-order chi connectivity index (χ0) is 12.0. The van der Waals surface area contributed by atoms with Gasteiger partial charge in [0.05, 0.1) is 17.0 Å². The summed E-state index contributed by atoms with van der Waals surface area (Å²) in [5.41, 5.74) is 6.56. The van der Waals surface area contributed by atoms with Crippen molar-refractivity contribution in [3.8, 4) is 0 Å². The molecule has 1 saturated heterocycles. The van der Waals surface area contributed by atoms with Crippen LogP contribution in [-0.2, 0) is 16.0 Å². The van der Waals surface area contributed by atoms with Crippen LogP contribution in [0.5, 0.6) is 0 Å². The number of hydrogen-bond acceptors (Lipinski definition) is 4. The third kappa shape index (κ3) is 1.59. The molecule has 2 aliphatic rings. The summed E-state index contributed by atoms with van der Waals surface area (Å²) in [7, 11) is 0. The second-order valence-corrected chi connectivity index (χ2v) is 6.26. The van der Waals surface area contributed by atoms with Crippen molar-refractivity contribution in [3.63, 3.8) is 0 Å². The average Bonchev–Trinajstić information content (AvgIpc) is 2.87. The molecule has 0 spiro atoms. The van der Waals surface area contributed by atoms with Crippen molar-refractivity contribution < 1.29 is 9.53 Å². The van der Waals surface area contributed by atoms with Gasteiger partial charge in [-0.15, -0.1) is 11.3 Å². The van der Waals surface area contributed by atoms with Crippen LogP contribution >= 0.6 is 11.3 Å². The van der Waals surface area contributed by atoms with Crippen LogP contribution in [0.25, 0.3) is 0 Å². The van der Waals surface area contributed by atoms with E-state index in [9.17, 15) is 4.79 Å². The molecule has 17 heavy (non-hydrogen) atoms. The fraction of sp³-hybridized carbons (Fsp3) is 0.462. The molecule has 90 valence electrons. The van der Waals surface area contributed by atoms with Gasteiger partial charge in [-0.2, -0.15) is 0 Å². The molecule has 2 fully saturated rings. The zero-order valence-electron chi connectivity index (χ0n) is 9.57. The lowest BCUT2D eigenvalue weighted by Crippen LogP contribution is -2.31. The first-order valence-electron chi connectivity index (χ1n) is 5.78. The number of carbonyl (C=O) groups excluding carboxylic acids is 1. The van der Waals surface area contributed by atoms with E-state index in [0.29, 0.717) is 12.5 Å². The van der Waals surface area contributed by atoms with Gasteiger partial charge in [0, 0.05) is 10.8 Å². The van der Waals surface area contributed by atoms with E-state index in [0.717, 1.165) is 24.3 Å². The molecule has 0 radical (unpaired) electrons. The Hall–Kier alpha value is -1.29. The van der Waals surface area contributed by atoms with Crippen molar-refractivity contribution >= 4 is 22.3 Å². The number of anilines is 1. The van der Waals surface area contributed by atoms with E-state index in [1.165, 1.54) is 10.5 Å². The van der Waals surface area contributed by atoms with Gasteiger partial charge in [-0.05, 0) is 31.4 Å². The van der Waals surface area contributed by atoms with E-state index in [1.807, 2.05) is 12.1 Å². The normalized spacial score (nSPS) is 31.6. The summed E-state index contributed by atoms with van der Waals surface area (Å²) in [5, 5.41) is 0.802. The first kappa shape index (κ1) is 10.8. The van der Waals surface area contributed by atoms with E-state index < -0.39 is 0 Å². The Bertz CT molecular complexity index is 493. The van der Waals surface area contributed by atoms with Crippen molar-refractivity contribution in [1.82, 2.24) is 0 Å². The van der Waals surface area contributed by atoms with Gasteiger partial charge in [-0.25, -0.2) is 0 Å². The Morgan fingerprint density at radius 1 is 1.59 bits per heavy atom. The van der Waals surface area contributed by atoms with E-state index in [1.54, 1.807) is 11.3 Å². The third-order valence-corrected chi connectivity index (χ3v) is 4.79. The molecule has 2 N–H and O–H groups in total. The van der Waals surface area contributed by atoms with Crippen LogP contribution in [0, 0.1) is 11.3 Å². The summed E-state index contributed by atoms with van der Waals surface area (Å²) < 4.78 is 5.24. The van der Waals surface area contributed by atoms with Gasteiger partial charge >= 0.3 is 5.97 Å². The number of thiophene rings is 1. The number of ether oxygens (including phenoxy) is 1. The molecule has 2 unspecified atom stereocenters. The van der Waals surface area contributed by atoms with Crippen molar-refractivity contribution in [3.05, 3.63) is 29.2 Å². The highest BCUT2D eigenvalue weighted by molar-refractivity contribution is 7.15. The maximum Gasteiger partial charge on any atom is 0.313 e. The number of nitrogen functional groups attached to an aromatic ring is 1. The Kier molecular flexibility index (Phi) is 2.30. The van der Waals surface area contributed by atoms with E-state index in [2.05, 4.69) is 6.58 Å². The third-order valence-electron chi connectivity index (χ3n) is 3.88. The van der Waals surface area contributed by atoms with Crippen LogP contribution in [0.3, 0.4) is 0 Å². The topological polar surface area (TPSA) is 52.3 Å². The van der Waals surface area contributed by atoms with Gasteiger partial charge in [0.25, 0.3) is 0 Å². The van der Waals surface area contributed by atoms with Crippen molar-refractivity contribution in [2.24, 2.45) is 11.3 Å². The number of allylic oxidation sites excluding steroid dienone is 1. The van der Waals surface area contributed by atoms with E-state index in [-0.39, 0.29) is 11.4 Å². The lowest BCUT2D eigenvalue weighted by Gasteiger charge is -2.22. The smallest absolute Gasteiger partial charge is 0.313 e. The SMILES string of the molecule is C=C1CC2COC(=O)C2(Cc2ccc(N)s2)C1. The molecule has 2 heterocycles. The lowest BCUT2D eigenvalue weighted by atomic mass is 9.77. The summed E-state index contributed by atoms with van der Waals surface area (Å²) in [5.74, 6) is 0.263. The number of nitrogens with two attached hydrogens (primary N) is 1. The molecule has 2 atom stereocenters. The fourth-order valence-electron chi connectivity index (χ4n) is 3.06. The number of hydrogen-bond donors (Lipinski definition) is 1. The molecule has 1 aliphatic carbocycles. The maximum atomic E-state index is 12.0. The molecule has 0 bridgehead atoms. The highest BCUT2D eigenvalue weighted by Gasteiger charge is 2.56. The standard InChI is InChI=1S/C13H15NO2S/c1-8-4-9-7-16-12(15)13(9,5-8)6-10-2-3-11(14)17-10/h2-3,9H,1,4-7,14H2. The molecule has 3 nitrogen and oxygen atoms in total. The predicted octanol–water partition coefficient (Wildman–Crippen LogP) is 2.38. The van der Waals surface area contributed by atoms with E-state index in [4.69, 9.17) is 10.5 Å². The van der Waals surface area contributed by atoms with Crippen molar-refractivity contribution in [2.45, 2.75) is 19.3 Å². The minimum Gasteiger partial charge on any atom is -0.465 e. The first-order valence-corrected chi connectivity index (χ1v) is 6.60.